The van der Waals surface area contributed by atoms with E-state index in [1.807, 2.05) is 6.92 Å². The summed E-state index contributed by atoms with van der Waals surface area (Å²) in [7, 11) is 0. The average molecular weight is 226 g/mol. The number of nitrogens with one attached hydrogen (secondary N) is 2. The molecule has 0 heterocycles. The van der Waals surface area contributed by atoms with Crippen molar-refractivity contribution in [3.63, 3.8) is 0 Å². The zero-order valence-electron chi connectivity index (χ0n) is 11.0. The molecule has 0 bridgehead atoms. The van der Waals surface area contributed by atoms with Crippen molar-refractivity contribution >= 4 is 5.91 Å². The molecule has 4 atom stereocenters. The van der Waals surface area contributed by atoms with E-state index in [1.165, 1.54) is 12.8 Å². The second kappa shape index (κ2) is 6.24. The van der Waals surface area contributed by atoms with Gasteiger partial charge in [-0.1, -0.05) is 26.7 Å². The van der Waals surface area contributed by atoms with Crippen molar-refractivity contribution < 1.29 is 4.79 Å². The Balaban J connectivity index is 2.20. The maximum absolute atomic E-state index is 11.8. The molecule has 1 rings (SSSR count). The van der Waals surface area contributed by atoms with Crippen molar-refractivity contribution in [2.24, 2.45) is 5.92 Å². The molecule has 2 N–H and O–H groups in total. The Kier molecular flexibility index (Phi) is 5.26. The Hall–Kier alpha value is -0.570. The summed E-state index contributed by atoms with van der Waals surface area (Å²) in [6, 6.07) is 0.816. The van der Waals surface area contributed by atoms with Crippen molar-refractivity contribution in [2.45, 2.75) is 71.5 Å². The number of carbonyl (C=O) groups excluding carboxylic acids is 1. The highest BCUT2D eigenvalue weighted by atomic mass is 16.2. The molecule has 3 heteroatoms. The third-order valence-electron chi connectivity index (χ3n) is 3.41. The van der Waals surface area contributed by atoms with E-state index in [4.69, 9.17) is 0 Å². The van der Waals surface area contributed by atoms with Gasteiger partial charge in [0, 0.05) is 12.1 Å². The topological polar surface area (TPSA) is 41.1 Å². The summed E-state index contributed by atoms with van der Waals surface area (Å²) in [5.74, 6) is 0.936. The van der Waals surface area contributed by atoms with Crippen LogP contribution < -0.4 is 10.6 Å². The van der Waals surface area contributed by atoms with Crippen molar-refractivity contribution in [3.8, 4) is 0 Å². The first kappa shape index (κ1) is 13.5. The highest BCUT2D eigenvalue weighted by Gasteiger charge is 2.36. The number of hydrogen-bond donors (Lipinski definition) is 2. The molecule has 0 aliphatic heterocycles. The van der Waals surface area contributed by atoms with E-state index in [1.54, 1.807) is 0 Å². The summed E-state index contributed by atoms with van der Waals surface area (Å²) in [6.45, 7) is 8.37. The highest BCUT2D eigenvalue weighted by molar-refractivity contribution is 5.81. The van der Waals surface area contributed by atoms with E-state index in [2.05, 4.69) is 31.4 Å². The molecule has 94 valence electrons. The van der Waals surface area contributed by atoms with Gasteiger partial charge >= 0.3 is 0 Å². The molecule has 0 spiro atoms. The molecule has 0 aromatic rings. The molecule has 0 aromatic carbocycles. The van der Waals surface area contributed by atoms with Crippen LogP contribution in [-0.4, -0.2) is 24.0 Å². The predicted molar refractivity (Wildman–Crippen MR) is 67.3 cm³/mol. The predicted octanol–water partition coefficient (Wildman–Crippen LogP) is 2.07. The van der Waals surface area contributed by atoms with Gasteiger partial charge in [-0.2, -0.15) is 0 Å². The molecule has 1 aliphatic carbocycles. The lowest BCUT2D eigenvalue weighted by molar-refractivity contribution is -0.123. The zero-order valence-corrected chi connectivity index (χ0v) is 11.0. The van der Waals surface area contributed by atoms with Gasteiger partial charge in [-0.3, -0.25) is 4.79 Å². The Morgan fingerprint density at radius 1 is 1.38 bits per heavy atom. The van der Waals surface area contributed by atoms with E-state index < -0.39 is 0 Å². The molecule has 1 fully saturated rings. The van der Waals surface area contributed by atoms with Crippen LogP contribution in [0.2, 0.25) is 0 Å². The Labute approximate surface area is 99.4 Å². The van der Waals surface area contributed by atoms with Gasteiger partial charge in [0.1, 0.15) is 0 Å². The highest BCUT2D eigenvalue weighted by Crippen LogP contribution is 2.33. The molecule has 1 saturated carbocycles. The molecular weight excluding hydrogens is 200 g/mol. The third kappa shape index (κ3) is 4.12. The smallest absolute Gasteiger partial charge is 0.237 e. The van der Waals surface area contributed by atoms with Crippen LogP contribution in [-0.2, 0) is 4.79 Å². The van der Waals surface area contributed by atoms with Gasteiger partial charge in [0.05, 0.1) is 6.04 Å². The second-order valence-electron chi connectivity index (χ2n) is 5.10. The summed E-state index contributed by atoms with van der Waals surface area (Å²) >= 11 is 0. The largest absolute Gasteiger partial charge is 0.352 e. The van der Waals surface area contributed by atoms with Crippen molar-refractivity contribution in [1.82, 2.24) is 10.6 Å². The monoisotopic (exact) mass is 226 g/mol. The van der Waals surface area contributed by atoms with Crippen LogP contribution >= 0.6 is 0 Å². The summed E-state index contributed by atoms with van der Waals surface area (Å²) < 4.78 is 0. The molecule has 3 nitrogen and oxygen atoms in total. The summed E-state index contributed by atoms with van der Waals surface area (Å²) in [4.78, 5) is 11.8. The van der Waals surface area contributed by atoms with E-state index in [0.717, 1.165) is 18.8 Å². The SMILES string of the molecule is CCCC(C)NC(=O)C(C)NC1CC1CC. The van der Waals surface area contributed by atoms with Gasteiger partial charge in [-0.15, -0.1) is 0 Å². The number of carbonyl (C=O) groups is 1. The normalized spacial score (nSPS) is 27.2. The first-order chi connectivity index (χ1) is 7.58. The lowest BCUT2D eigenvalue weighted by Gasteiger charge is -2.18. The summed E-state index contributed by atoms with van der Waals surface area (Å²) in [5.41, 5.74) is 0. The maximum Gasteiger partial charge on any atom is 0.237 e. The van der Waals surface area contributed by atoms with Gasteiger partial charge in [0.25, 0.3) is 0 Å². The molecular formula is C13H26N2O. The standard InChI is InChI=1S/C13H26N2O/c1-5-7-9(3)14-13(16)10(4)15-12-8-11(12)6-2/h9-12,15H,5-8H2,1-4H3,(H,14,16). The van der Waals surface area contributed by atoms with E-state index in [0.29, 0.717) is 12.1 Å². The van der Waals surface area contributed by atoms with Gasteiger partial charge in [-0.05, 0) is 32.6 Å². The average Bonchev–Trinajstić information content (AvgIpc) is 2.96. The quantitative estimate of drug-likeness (QED) is 0.698. The minimum absolute atomic E-state index is 0.0548. The lowest BCUT2D eigenvalue weighted by atomic mass is 10.2. The van der Waals surface area contributed by atoms with Crippen molar-refractivity contribution in [1.29, 1.82) is 0 Å². The molecule has 1 aliphatic rings. The number of rotatable bonds is 7. The molecule has 0 radical (unpaired) electrons. The minimum atomic E-state index is -0.0548. The van der Waals surface area contributed by atoms with Crippen molar-refractivity contribution in [3.05, 3.63) is 0 Å². The van der Waals surface area contributed by atoms with Gasteiger partial charge in [0.15, 0.2) is 0 Å². The number of hydrogen-bond acceptors (Lipinski definition) is 2. The minimum Gasteiger partial charge on any atom is -0.352 e. The Morgan fingerprint density at radius 2 is 2.06 bits per heavy atom. The maximum atomic E-state index is 11.8. The summed E-state index contributed by atoms with van der Waals surface area (Å²) in [6.07, 6.45) is 4.63. The van der Waals surface area contributed by atoms with E-state index in [9.17, 15) is 4.79 Å². The fourth-order valence-corrected chi connectivity index (χ4v) is 2.17. The first-order valence-corrected chi connectivity index (χ1v) is 6.64. The fraction of sp³-hybridized carbons (Fsp3) is 0.923. The number of amides is 1. The van der Waals surface area contributed by atoms with Gasteiger partial charge < -0.3 is 10.6 Å². The Morgan fingerprint density at radius 3 is 2.56 bits per heavy atom. The van der Waals surface area contributed by atoms with Gasteiger partial charge in [-0.25, -0.2) is 0 Å². The third-order valence-corrected chi connectivity index (χ3v) is 3.41. The van der Waals surface area contributed by atoms with Crippen LogP contribution in [0.1, 0.15) is 53.4 Å². The van der Waals surface area contributed by atoms with E-state index in [-0.39, 0.29) is 11.9 Å². The zero-order chi connectivity index (χ0) is 12.1. The second-order valence-corrected chi connectivity index (χ2v) is 5.10. The van der Waals surface area contributed by atoms with Crippen LogP contribution in [0.3, 0.4) is 0 Å². The Bertz CT molecular complexity index is 230. The van der Waals surface area contributed by atoms with Crippen LogP contribution in [0.4, 0.5) is 0 Å². The molecule has 4 unspecified atom stereocenters. The van der Waals surface area contributed by atoms with Gasteiger partial charge in [0.2, 0.25) is 5.91 Å². The van der Waals surface area contributed by atoms with Crippen LogP contribution in [0.15, 0.2) is 0 Å². The molecule has 0 saturated heterocycles. The fourth-order valence-electron chi connectivity index (χ4n) is 2.17. The molecule has 1 amide bonds. The van der Waals surface area contributed by atoms with Crippen LogP contribution in [0, 0.1) is 5.92 Å². The van der Waals surface area contributed by atoms with Crippen LogP contribution in [0.25, 0.3) is 0 Å². The molecule has 0 aromatic heterocycles. The summed E-state index contributed by atoms with van der Waals surface area (Å²) in [5, 5.41) is 6.44. The van der Waals surface area contributed by atoms with Crippen LogP contribution in [0.5, 0.6) is 0 Å². The molecule has 16 heavy (non-hydrogen) atoms. The lowest BCUT2D eigenvalue weighted by Crippen LogP contribution is -2.46. The van der Waals surface area contributed by atoms with Crippen molar-refractivity contribution in [2.75, 3.05) is 0 Å². The first-order valence-electron chi connectivity index (χ1n) is 6.64. The van der Waals surface area contributed by atoms with E-state index >= 15 is 0 Å².